The van der Waals surface area contributed by atoms with Crippen molar-refractivity contribution < 1.29 is 23.1 Å². The third kappa shape index (κ3) is 4.54. The lowest BCUT2D eigenvalue weighted by molar-refractivity contribution is -0.151. The second kappa shape index (κ2) is 8.57. The van der Waals surface area contributed by atoms with E-state index < -0.39 is 0 Å². The number of carbonyl (C=O) groups is 2. The number of benzene rings is 1. The Morgan fingerprint density at radius 3 is 2.66 bits per heavy atom. The van der Waals surface area contributed by atoms with E-state index in [4.69, 9.17) is 9.15 Å². The van der Waals surface area contributed by atoms with E-state index in [1.807, 2.05) is 17.5 Å². The summed E-state index contributed by atoms with van der Waals surface area (Å²) in [6, 6.07) is 9.47. The van der Waals surface area contributed by atoms with Gasteiger partial charge in [-0.2, -0.15) is 0 Å². The Bertz CT molecular complexity index is 977. The van der Waals surface area contributed by atoms with Crippen molar-refractivity contribution in [1.29, 1.82) is 0 Å². The van der Waals surface area contributed by atoms with E-state index in [1.165, 1.54) is 29.7 Å². The molecule has 1 saturated heterocycles. The SMILES string of the molecule is O=C(OCc1coc(-c2ccc(F)cc2)n1)C1CCN(C(=O)c2cccs2)CC1. The molecule has 0 atom stereocenters. The third-order valence-corrected chi connectivity index (χ3v) is 5.71. The molecule has 1 aliphatic rings. The fourth-order valence-electron chi connectivity index (χ4n) is 3.24. The number of esters is 1. The maximum atomic E-state index is 13.0. The summed E-state index contributed by atoms with van der Waals surface area (Å²) in [5.74, 6) is -0.498. The monoisotopic (exact) mass is 414 g/mol. The second-order valence-electron chi connectivity index (χ2n) is 6.80. The molecular weight excluding hydrogens is 395 g/mol. The number of ether oxygens (including phenoxy) is 1. The molecule has 0 aliphatic carbocycles. The van der Waals surface area contributed by atoms with Gasteiger partial charge in [0.1, 0.15) is 24.4 Å². The smallest absolute Gasteiger partial charge is 0.309 e. The summed E-state index contributed by atoms with van der Waals surface area (Å²) in [6.07, 6.45) is 2.58. The molecule has 8 heteroatoms. The topological polar surface area (TPSA) is 72.6 Å². The van der Waals surface area contributed by atoms with E-state index in [1.54, 1.807) is 17.0 Å². The van der Waals surface area contributed by atoms with Gasteiger partial charge in [0.15, 0.2) is 0 Å². The zero-order valence-corrected chi connectivity index (χ0v) is 16.4. The molecule has 0 saturated carbocycles. The number of aromatic nitrogens is 1. The summed E-state index contributed by atoms with van der Waals surface area (Å²) in [4.78, 5) is 31.5. The number of thiophene rings is 1. The molecule has 29 heavy (non-hydrogen) atoms. The molecule has 0 unspecified atom stereocenters. The first-order chi connectivity index (χ1) is 14.1. The van der Waals surface area contributed by atoms with Crippen molar-refractivity contribution in [2.24, 2.45) is 5.92 Å². The lowest BCUT2D eigenvalue weighted by atomic mass is 9.97. The normalized spacial score (nSPS) is 14.7. The lowest BCUT2D eigenvalue weighted by Gasteiger charge is -2.30. The van der Waals surface area contributed by atoms with Crippen LogP contribution in [-0.4, -0.2) is 34.8 Å². The van der Waals surface area contributed by atoms with Gasteiger partial charge in [-0.3, -0.25) is 9.59 Å². The third-order valence-electron chi connectivity index (χ3n) is 4.85. The predicted molar refractivity (Wildman–Crippen MR) is 105 cm³/mol. The molecule has 1 aliphatic heterocycles. The van der Waals surface area contributed by atoms with Gasteiger partial charge < -0.3 is 14.1 Å². The van der Waals surface area contributed by atoms with Gasteiger partial charge in [-0.15, -0.1) is 11.3 Å². The highest BCUT2D eigenvalue weighted by molar-refractivity contribution is 7.12. The van der Waals surface area contributed by atoms with Gasteiger partial charge in [0, 0.05) is 18.7 Å². The average molecular weight is 414 g/mol. The Hall–Kier alpha value is -3.00. The molecule has 3 heterocycles. The summed E-state index contributed by atoms with van der Waals surface area (Å²) in [5.41, 5.74) is 1.13. The first-order valence-corrected chi connectivity index (χ1v) is 10.2. The van der Waals surface area contributed by atoms with E-state index in [2.05, 4.69) is 4.98 Å². The molecular formula is C21H19FN2O4S. The summed E-state index contributed by atoms with van der Waals surface area (Å²) >= 11 is 1.42. The number of carbonyl (C=O) groups excluding carboxylic acids is 2. The molecule has 0 bridgehead atoms. The Balaban J connectivity index is 1.26. The van der Waals surface area contributed by atoms with E-state index in [-0.39, 0.29) is 30.2 Å². The van der Waals surface area contributed by atoms with E-state index in [0.717, 1.165) is 0 Å². The molecule has 1 fully saturated rings. The minimum Gasteiger partial charge on any atom is -0.459 e. The molecule has 3 aromatic rings. The van der Waals surface area contributed by atoms with Crippen LogP contribution in [0.4, 0.5) is 4.39 Å². The Morgan fingerprint density at radius 1 is 1.21 bits per heavy atom. The molecule has 0 N–H and O–H groups in total. The summed E-state index contributed by atoms with van der Waals surface area (Å²) in [6.45, 7) is 1.09. The molecule has 150 valence electrons. The zero-order chi connectivity index (χ0) is 20.2. The Morgan fingerprint density at radius 2 is 1.97 bits per heavy atom. The van der Waals surface area contributed by atoms with Crippen LogP contribution in [-0.2, 0) is 16.1 Å². The van der Waals surface area contributed by atoms with Gasteiger partial charge in [-0.1, -0.05) is 6.07 Å². The van der Waals surface area contributed by atoms with Gasteiger partial charge in [0.2, 0.25) is 5.89 Å². The van der Waals surface area contributed by atoms with Gasteiger partial charge in [-0.05, 0) is 48.6 Å². The van der Waals surface area contributed by atoms with Crippen molar-refractivity contribution in [3.05, 3.63) is 64.4 Å². The zero-order valence-electron chi connectivity index (χ0n) is 15.5. The van der Waals surface area contributed by atoms with Crippen molar-refractivity contribution in [3.8, 4) is 11.5 Å². The van der Waals surface area contributed by atoms with Crippen molar-refractivity contribution in [2.45, 2.75) is 19.4 Å². The summed E-state index contributed by atoms with van der Waals surface area (Å²) < 4.78 is 23.8. The molecule has 1 amide bonds. The molecule has 2 aromatic heterocycles. The Kier molecular flexibility index (Phi) is 5.71. The number of rotatable bonds is 5. The summed E-state index contributed by atoms with van der Waals surface area (Å²) in [5, 5.41) is 1.88. The number of piperidine rings is 1. The minimum absolute atomic E-state index is 0.0118. The van der Waals surface area contributed by atoms with Crippen LogP contribution >= 0.6 is 11.3 Å². The first-order valence-electron chi connectivity index (χ1n) is 9.30. The highest BCUT2D eigenvalue weighted by atomic mass is 32.1. The van der Waals surface area contributed by atoms with Crippen LogP contribution in [0.3, 0.4) is 0 Å². The number of hydrogen-bond acceptors (Lipinski definition) is 6. The highest BCUT2D eigenvalue weighted by Gasteiger charge is 2.29. The van der Waals surface area contributed by atoms with Crippen molar-refractivity contribution in [3.63, 3.8) is 0 Å². The Labute approximate surface area is 170 Å². The van der Waals surface area contributed by atoms with Crippen molar-refractivity contribution in [2.75, 3.05) is 13.1 Å². The second-order valence-corrected chi connectivity index (χ2v) is 7.75. The van der Waals surface area contributed by atoms with Crippen molar-refractivity contribution in [1.82, 2.24) is 9.88 Å². The van der Waals surface area contributed by atoms with Crippen LogP contribution in [0.25, 0.3) is 11.5 Å². The van der Waals surface area contributed by atoms with Gasteiger partial charge in [0.25, 0.3) is 5.91 Å². The molecule has 0 spiro atoms. The minimum atomic E-state index is -0.336. The molecule has 6 nitrogen and oxygen atoms in total. The van der Waals surface area contributed by atoms with Gasteiger partial charge in [0.05, 0.1) is 10.8 Å². The molecule has 0 radical (unpaired) electrons. The van der Waals surface area contributed by atoms with Crippen LogP contribution < -0.4 is 0 Å². The summed E-state index contributed by atoms with van der Waals surface area (Å²) in [7, 11) is 0. The molecule has 1 aromatic carbocycles. The average Bonchev–Trinajstić information content (AvgIpc) is 3.44. The highest BCUT2D eigenvalue weighted by Crippen LogP contribution is 2.23. The number of hydrogen-bond donors (Lipinski definition) is 0. The van der Waals surface area contributed by atoms with Crippen LogP contribution in [0.1, 0.15) is 28.2 Å². The number of oxazole rings is 1. The van der Waals surface area contributed by atoms with E-state index in [0.29, 0.717) is 48.0 Å². The van der Waals surface area contributed by atoms with Crippen LogP contribution in [0.15, 0.2) is 52.5 Å². The maximum absolute atomic E-state index is 13.0. The fourth-order valence-corrected chi connectivity index (χ4v) is 3.93. The van der Waals surface area contributed by atoms with Crippen LogP contribution in [0.5, 0.6) is 0 Å². The quantitative estimate of drug-likeness (QED) is 0.587. The van der Waals surface area contributed by atoms with Crippen molar-refractivity contribution >= 4 is 23.2 Å². The first kappa shape index (κ1) is 19.3. The largest absolute Gasteiger partial charge is 0.459 e. The number of nitrogens with zero attached hydrogens (tertiary/aromatic N) is 2. The van der Waals surface area contributed by atoms with Crippen LogP contribution in [0, 0.1) is 11.7 Å². The van der Waals surface area contributed by atoms with Gasteiger partial charge in [-0.25, -0.2) is 9.37 Å². The van der Waals surface area contributed by atoms with Crippen LogP contribution in [0.2, 0.25) is 0 Å². The lowest BCUT2D eigenvalue weighted by Crippen LogP contribution is -2.40. The molecule has 4 rings (SSSR count). The van der Waals surface area contributed by atoms with Gasteiger partial charge >= 0.3 is 5.97 Å². The van der Waals surface area contributed by atoms with E-state index in [9.17, 15) is 14.0 Å². The maximum Gasteiger partial charge on any atom is 0.309 e. The fraction of sp³-hybridized carbons (Fsp3) is 0.286. The predicted octanol–water partition coefficient (Wildman–Crippen LogP) is 4.14. The standard InChI is InChI=1S/C21H19FN2O4S/c22-16-5-3-14(4-6-16)19-23-17(12-27-19)13-28-21(26)15-7-9-24(10-8-15)20(25)18-2-1-11-29-18/h1-6,11-12,15H,7-10,13H2. The van der Waals surface area contributed by atoms with E-state index >= 15 is 0 Å². The number of halogens is 1. The number of likely N-dealkylation sites (tertiary alicyclic amines) is 1. The number of amides is 1.